The van der Waals surface area contributed by atoms with Crippen molar-refractivity contribution in [3.8, 4) is 0 Å². The SMILES string of the molecule is C[C@@H]1CN(Cc2ccccc2)[C@@H](CN2CCOCC2=O)CN1C(=O)OC(C)(C)C.O=C1COCCN1. The van der Waals surface area contributed by atoms with E-state index in [-0.39, 0.29) is 43.2 Å². The molecule has 3 aliphatic rings. The summed E-state index contributed by atoms with van der Waals surface area (Å²) in [6.45, 7) is 13.2. The van der Waals surface area contributed by atoms with Crippen LogP contribution in [0.15, 0.2) is 30.3 Å². The lowest BCUT2D eigenvalue weighted by Crippen LogP contribution is -2.62. The van der Waals surface area contributed by atoms with Crippen molar-refractivity contribution in [2.45, 2.75) is 51.9 Å². The summed E-state index contributed by atoms with van der Waals surface area (Å²) in [7, 11) is 0. The van der Waals surface area contributed by atoms with E-state index in [1.165, 1.54) is 5.56 Å². The molecule has 3 heterocycles. The van der Waals surface area contributed by atoms with Crippen LogP contribution in [0, 0.1) is 0 Å². The molecule has 0 aliphatic carbocycles. The van der Waals surface area contributed by atoms with Crippen LogP contribution >= 0.6 is 0 Å². The number of morpholine rings is 2. The Morgan fingerprint density at radius 1 is 1.08 bits per heavy atom. The van der Waals surface area contributed by atoms with E-state index in [4.69, 9.17) is 14.2 Å². The Morgan fingerprint density at radius 2 is 1.81 bits per heavy atom. The Hall–Kier alpha value is -2.69. The molecule has 200 valence electrons. The van der Waals surface area contributed by atoms with Gasteiger partial charge in [-0.3, -0.25) is 14.5 Å². The topological polar surface area (TPSA) is 101 Å². The van der Waals surface area contributed by atoms with Gasteiger partial charge in [-0.25, -0.2) is 4.79 Å². The lowest BCUT2D eigenvalue weighted by atomic mass is 10.0. The van der Waals surface area contributed by atoms with Gasteiger partial charge in [0, 0.05) is 51.4 Å². The zero-order valence-corrected chi connectivity index (χ0v) is 21.9. The quantitative estimate of drug-likeness (QED) is 0.663. The van der Waals surface area contributed by atoms with Gasteiger partial charge in [-0.1, -0.05) is 30.3 Å². The van der Waals surface area contributed by atoms with Crippen molar-refractivity contribution in [1.29, 1.82) is 0 Å². The molecule has 1 aromatic rings. The summed E-state index contributed by atoms with van der Waals surface area (Å²) in [6, 6.07) is 10.4. The van der Waals surface area contributed by atoms with Gasteiger partial charge in [0.2, 0.25) is 11.8 Å². The number of benzene rings is 1. The molecule has 2 atom stereocenters. The highest BCUT2D eigenvalue weighted by atomic mass is 16.6. The molecule has 0 bridgehead atoms. The van der Waals surface area contributed by atoms with E-state index in [2.05, 4.69) is 29.3 Å². The first-order valence-corrected chi connectivity index (χ1v) is 12.6. The summed E-state index contributed by atoms with van der Waals surface area (Å²) in [6.07, 6.45) is -0.289. The van der Waals surface area contributed by atoms with Gasteiger partial charge < -0.3 is 29.3 Å². The zero-order valence-electron chi connectivity index (χ0n) is 21.9. The molecule has 3 fully saturated rings. The maximum Gasteiger partial charge on any atom is 0.410 e. The van der Waals surface area contributed by atoms with Gasteiger partial charge in [0.05, 0.1) is 13.2 Å². The fourth-order valence-electron chi connectivity index (χ4n) is 4.35. The highest BCUT2D eigenvalue weighted by Gasteiger charge is 2.37. The van der Waals surface area contributed by atoms with Crippen LogP contribution in [-0.2, 0) is 30.3 Å². The summed E-state index contributed by atoms with van der Waals surface area (Å²) in [5, 5.41) is 2.62. The molecule has 3 amide bonds. The minimum Gasteiger partial charge on any atom is -0.444 e. The molecule has 0 aromatic heterocycles. The van der Waals surface area contributed by atoms with Crippen LogP contribution in [0.3, 0.4) is 0 Å². The average molecular weight is 505 g/mol. The Balaban J connectivity index is 0.000000444. The highest BCUT2D eigenvalue weighted by molar-refractivity contribution is 5.78. The minimum atomic E-state index is -0.534. The Labute approximate surface area is 213 Å². The van der Waals surface area contributed by atoms with Crippen molar-refractivity contribution in [2.24, 2.45) is 0 Å². The van der Waals surface area contributed by atoms with Gasteiger partial charge >= 0.3 is 6.09 Å². The number of nitrogens with zero attached hydrogens (tertiary/aromatic N) is 3. The molecule has 3 aliphatic heterocycles. The predicted octanol–water partition coefficient (Wildman–Crippen LogP) is 1.49. The summed E-state index contributed by atoms with van der Waals surface area (Å²) < 4.78 is 15.7. The van der Waals surface area contributed by atoms with Crippen LogP contribution < -0.4 is 5.32 Å². The van der Waals surface area contributed by atoms with E-state index in [1.54, 1.807) is 0 Å². The number of rotatable bonds is 4. The highest BCUT2D eigenvalue weighted by Crippen LogP contribution is 2.22. The van der Waals surface area contributed by atoms with Crippen molar-refractivity contribution >= 4 is 17.9 Å². The Bertz CT molecular complexity index is 867. The fraction of sp³-hybridized carbons (Fsp3) is 0.654. The molecule has 3 saturated heterocycles. The van der Waals surface area contributed by atoms with Crippen LogP contribution in [0.2, 0.25) is 0 Å². The number of ether oxygens (including phenoxy) is 3. The van der Waals surface area contributed by atoms with E-state index in [1.807, 2.05) is 48.8 Å². The molecule has 0 unspecified atom stereocenters. The molecule has 1 N–H and O–H groups in total. The van der Waals surface area contributed by atoms with Gasteiger partial charge in [-0.2, -0.15) is 0 Å². The summed E-state index contributed by atoms with van der Waals surface area (Å²) in [5.41, 5.74) is 0.692. The number of piperazine rings is 1. The van der Waals surface area contributed by atoms with E-state index >= 15 is 0 Å². The largest absolute Gasteiger partial charge is 0.444 e. The maximum absolute atomic E-state index is 12.8. The monoisotopic (exact) mass is 504 g/mol. The second-order valence-corrected chi connectivity index (χ2v) is 10.3. The first-order chi connectivity index (χ1) is 17.1. The Morgan fingerprint density at radius 3 is 2.39 bits per heavy atom. The number of nitrogens with one attached hydrogen (secondary N) is 1. The number of hydrogen-bond acceptors (Lipinski definition) is 7. The first kappa shape index (κ1) is 27.9. The van der Waals surface area contributed by atoms with E-state index < -0.39 is 5.60 Å². The minimum absolute atomic E-state index is 0.00810. The molecule has 10 nitrogen and oxygen atoms in total. The van der Waals surface area contributed by atoms with Crippen LogP contribution in [0.5, 0.6) is 0 Å². The van der Waals surface area contributed by atoms with Gasteiger partial charge in [0.25, 0.3) is 0 Å². The molecule has 36 heavy (non-hydrogen) atoms. The van der Waals surface area contributed by atoms with Crippen LogP contribution in [0.1, 0.15) is 33.3 Å². The number of carbonyl (C=O) groups excluding carboxylic acids is 3. The third-order valence-corrected chi connectivity index (χ3v) is 6.13. The normalized spacial score (nSPS) is 23.4. The van der Waals surface area contributed by atoms with Crippen molar-refractivity contribution in [2.75, 3.05) is 59.2 Å². The maximum atomic E-state index is 12.8. The Kier molecular flexibility index (Phi) is 10.1. The van der Waals surface area contributed by atoms with Crippen molar-refractivity contribution in [3.05, 3.63) is 35.9 Å². The van der Waals surface area contributed by atoms with Gasteiger partial charge in [0.15, 0.2) is 0 Å². The zero-order chi connectivity index (χ0) is 26.1. The van der Waals surface area contributed by atoms with Crippen LogP contribution in [-0.4, -0.2) is 109 Å². The van der Waals surface area contributed by atoms with Crippen molar-refractivity contribution < 1.29 is 28.6 Å². The summed E-state index contributed by atoms with van der Waals surface area (Å²) in [5.74, 6) is 0.00426. The van der Waals surface area contributed by atoms with Crippen LogP contribution in [0.25, 0.3) is 0 Å². The lowest BCUT2D eigenvalue weighted by molar-refractivity contribution is -0.144. The first-order valence-electron chi connectivity index (χ1n) is 12.6. The van der Waals surface area contributed by atoms with Gasteiger partial charge in [-0.15, -0.1) is 0 Å². The van der Waals surface area contributed by atoms with Gasteiger partial charge in [-0.05, 0) is 33.3 Å². The number of hydrogen-bond donors (Lipinski definition) is 1. The number of carbonyl (C=O) groups is 3. The third kappa shape index (κ3) is 8.76. The smallest absolute Gasteiger partial charge is 0.410 e. The molecule has 0 spiro atoms. The molecule has 4 rings (SSSR count). The van der Waals surface area contributed by atoms with Crippen molar-refractivity contribution in [1.82, 2.24) is 20.0 Å². The molecule has 10 heteroatoms. The van der Waals surface area contributed by atoms with E-state index in [0.717, 1.165) is 13.1 Å². The van der Waals surface area contributed by atoms with Gasteiger partial charge in [0.1, 0.15) is 18.8 Å². The molecule has 0 radical (unpaired) electrons. The average Bonchev–Trinajstić information content (AvgIpc) is 2.82. The van der Waals surface area contributed by atoms with Crippen molar-refractivity contribution in [3.63, 3.8) is 0 Å². The second kappa shape index (κ2) is 13.0. The van der Waals surface area contributed by atoms with Crippen LogP contribution in [0.4, 0.5) is 4.79 Å². The third-order valence-electron chi connectivity index (χ3n) is 6.13. The van der Waals surface area contributed by atoms with E-state index in [9.17, 15) is 14.4 Å². The van der Waals surface area contributed by atoms with E-state index in [0.29, 0.717) is 39.4 Å². The lowest BCUT2D eigenvalue weighted by Gasteiger charge is -2.47. The fourth-order valence-corrected chi connectivity index (χ4v) is 4.35. The molecular formula is C26H40N4O6. The molecular weight excluding hydrogens is 464 g/mol. The second-order valence-electron chi connectivity index (χ2n) is 10.3. The summed E-state index contributed by atoms with van der Waals surface area (Å²) in [4.78, 5) is 41.3. The molecule has 1 aromatic carbocycles. The number of amides is 3. The summed E-state index contributed by atoms with van der Waals surface area (Å²) >= 11 is 0. The molecule has 0 saturated carbocycles. The predicted molar refractivity (Wildman–Crippen MR) is 134 cm³/mol. The standard InChI is InChI=1S/C22H33N3O4.C4H7NO2/c1-17-12-24(13-18-8-6-5-7-9-18)19(14-23-10-11-28-16-20(23)26)15-25(17)21(27)29-22(2,3)4;6-4-3-7-2-1-5-4/h5-9,17,19H,10-16H2,1-4H3;1-3H2,(H,5,6)/t17-,19+;/m1./s1.